The lowest BCUT2D eigenvalue weighted by Gasteiger charge is -2.23. The van der Waals surface area contributed by atoms with Gasteiger partial charge in [0.15, 0.2) is 0 Å². The minimum atomic E-state index is 0.494. The Morgan fingerprint density at radius 2 is 2.13 bits per heavy atom. The summed E-state index contributed by atoms with van der Waals surface area (Å²) in [5.41, 5.74) is 0. The lowest BCUT2D eigenvalue weighted by atomic mass is 9.98. The van der Waals surface area contributed by atoms with Crippen LogP contribution in [-0.2, 0) is 0 Å². The van der Waals surface area contributed by atoms with Crippen molar-refractivity contribution < 1.29 is 0 Å². The molecule has 1 rings (SSSR count). The maximum absolute atomic E-state index is 3.66. The zero-order valence-corrected chi connectivity index (χ0v) is 12.3. The number of thiophene rings is 1. The highest BCUT2D eigenvalue weighted by Crippen LogP contribution is 2.36. The van der Waals surface area contributed by atoms with E-state index in [1.54, 1.807) is 0 Å². The zero-order chi connectivity index (χ0) is 11.4. The molecule has 0 aliphatic rings. The van der Waals surface area contributed by atoms with Crippen molar-refractivity contribution in [3.63, 3.8) is 0 Å². The van der Waals surface area contributed by atoms with Crippen LogP contribution in [0, 0.1) is 12.8 Å². The largest absolute Gasteiger partial charge is 0.309 e. The fourth-order valence-electron chi connectivity index (χ4n) is 1.72. The average Bonchev–Trinajstić information content (AvgIpc) is 2.53. The molecule has 0 spiro atoms. The Morgan fingerprint density at radius 3 is 2.53 bits per heavy atom. The Hall–Kier alpha value is 0.140. The van der Waals surface area contributed by atoms with Crippen LogP contribution in [0.5, 0.6) is 0 Å². The molecule has 86 valence electrons. The number of rotatable bonds is 5. The van der Waals surface area contributed by atoms with Gasteiger partial charge < -0.3 is 5.32 Å². The molecule has 0 radical (unpaired) electrons. The molecule has 0 saturated carbocycles. The molecule has 0 aromatic carbocycles. The van der Waals surface area contributed by atoms with Gasteiger partial charge in [-0.3, -0.25) is 0 Å². The first-order chi connectivity index (χ1) is 7.10. The summed E-state index contributed by atoms with van der Waals surface area (Å²) in [6, 6.07) is 2.71. The van der Waals surface area contributed by atoms with E-state index in [0.717, 1.165) is 6.54 Å². The summed E-state index contributed by atoms with van der Waals surface area (Å²) in [6.07, 6.45) is 1.21. The first-order valence-corrected chi connectivity index (χ1v) is 7.20. The number of hydrogen-bond acceptors (Lipinski definition) is 2. The molecule has 0 fully saturated rings. The summed E-state index contributed by atoms with van der Waals surface area (Å²) < 4.78 is 1.26. The summed E-state index contributed by atoms with van der Waals surface area (Å²) in [7, 11) is 0. The molecule has 0 saturated heterocycles. The van der Waals surface area contributed by atoms with Gasteiger partial charge in [-0.25, -0.2) is 0 Å². The van der Waals surface area contributed by atoms with Crippen LogP contribution in [-0.4, -0.2) is 6.54 Å². The number of hydrogen-bond donors (Lipinski definition) is 1. The van der Waals surface area contributed by atoms with Gasteiger partial charge in [-0.05, 0) is 41.4 Å². The van der Waals surface area contributed by atoms with Crippen molar-refractivity contribution in [2.45, 2.75) is 40.2 Å². The summed E-state index contributed by atoms with van der Waals surface area (Å²) in [4.78, 5) is 2.83. The second kappa shape index (κ2) is 6.02. The van der Waals surface area contributed by atoms with E-state index >= 15 is 0 Å². The van der Waals surface area contributed by atoms with Crippen LogP contribution in [0.3, 0.4) is 0 Å². The molecule has 0 amide bonds. The van der Waals surface area contributed by atoms with Crippen LogP contribution in [0.15, 0.2) is 10.5 Å². The Balaban J connectivity index is 2.92. The van der Waals surface area contributed by atoms with Gasteiger partial charge in [0.2, 0.25) is 0 Å². The number of halogens is 1. The van der Waals surface area contributed by atoms with Crippen molar-refractivity contribution in [1.82, 2.24) is 5.32 Å². The summed E-state index contributed by atoms with van der Waals surface area (Å²) >= 11 is 5.55. The molecular weight excluding hydrogens is 270 g/mol. The Morgan fingerprint density at radius 1 is 1.47 bits per heavy atom. The molecule has 1 aromatic rings. The van der Waals surface area contributed by atoms with E-state index in [9.17, 15) is 0 Å². The van der Waals surface area contributed by atoms with Gasteiger partial charge in [-0.15, -0.1) is 11.3 Å². The van der Waals surface area contributed by atoms with Crippen LogP contribution in [0.4, 0.5) is 0 Å². The average molecular weight is 290 g/mol. The fourth-order valence-corrected chi connectivity index (χ4v) is 3.83. The summed E-state index contributed by atoms with van der Waals surface area (Å²) in [5, 5.41) is 3.58. The third kappa shape index (κ3) is 3.30. The zero-order valence-electron chi connectivity index (χ0n) is 9.93. The van der Waals surface area contributed by atoms with E-state index in [1.807, 2.05) is 11.3 Å². The van der Waals surface area contributed by atoms with Gasteiger partial charge in [-0.1, -0.05) is 27.2 Å². The Labute approximate surface area is 105 Å². The van der Waals surface area contributed by atoms with Crippen LogP contribution >= 0.6 is 27.3 Å². The van der Waals surface area contributed by atoms with E-state index < -0.39 is 0 Å². The van der Waals surface area contributed by atoms with Crippen molar-refractivity contribution >= 4 is 27.3 Å². The van der Waals surface area contributed by atoms with Crippen molar-refractivity contribution in [3.8, 4) is 0 Å². The number of nitrogens with one attached hydrogen (secondary N) is 1. The van der Waals surface area contributed by atoms with Gasteiger partial charge >= 0.3 is 0 Å². The molecule has 3 heteroatoms. The van der Waals surface area contributed by atoms with Gasteiger partial charge in [0.05, 0.1) is 0 Å². The third-order valence-electron chi connectivity index (χ3n) is 2.76. The topological polar surface area (TPSA) is 12.0 Å². The molecule has 0 aliphatic carbocycles. The van der Waals surface area contributed by atoms with Crippen LogP contribution in [0.25, 0.3) is 0 Å². The molecule has 1 nitrogen and oxygen atoms in total. The summed E-state index contributed by atoms with van der Waals surface area (Å²) in [6.45, 7) is 9.93. The molecule has 1 N–H and O–H groups in total. The molecule has 2 atom stereocenters. The van der Waals surface area contributed by atoms with Gasteiger partial charge in [0.25, 0.3) is 0 Å². The van der Waals surface area contributed by atoms with E-state index in [1.165, 1.54) is 20.6 Å². The monoisotopic (exact) mass is 289 g/mol. The van der Waals surface area contributed by atoms with Crippen molar-refractivity contribution in [3.05, 3.63) is 20.3 Å². The van der Waals surface area contributed by atoms with Gasteiger partial charge in [0, 0.05) is 20.3 Å². The van der Waals surface area contributed by atoms with Crippen LogP contribution in [0.2, 0.25) is 0 Å². The second-order valence-electron chi connectivity index (χ2n) is 3.99. The smallest absolute Gasteiger partial charge is 0.0452 e. The van der Waals surface area contributed by atoms with Crippen molar-refractivity contribution in [2.24, 2.45) is 5.92 Å². The highest BCUT2D eigenvalue weighted by atomic mass is 79.9. The quantitative estimate of drug-likeness (QED) is 0.841. The lowest BCUT2D eigenvalue weighted by Crippen LogP contribution is -2.26. The molecule has 15 heavy (non-hydrogen) atoms. The Kier molecular flexibility index (Phi) is 5.30. The lowest BCUT2D eigenvalue weighted by molar-refractivity contribution is 0.388. The van der Waals surface area contributed by atoms with E-state index in [-0.39, 0.29) is 0 Å². The van der Waals surface area contributed by atoms with E-state index in [0.29, 0.717) is 12.0 Å². The predicted molar refractivity (Wildman–Crippen MR) is 72.6 cm³/mol. The van der Waals surface area contributed by atoms with Gasteiger partial charge in [-0.2, -0.15) is 0 Å². The first kappa shape index (κ1) is 13.2. The molecule has 0 aliphatic heterocycles. The maximum atomic E-state index is 3.66. The summed E-state index contributed by atoms with van der Waals surface area (Å²) in [5.74, 6) is 0.680. The van der Waals surface area contributed by atoms with Crippen LogP contribution in [0.1, 0.15) is 43.0 Å². The normalized spacial score (nSPS) is 15.3. The Bertz CT molecular complexity index is 309. The fraction of sp³-hybridized carbons (Fsp3) is 0.667. The standard InChI is InChI=1S/C12H20BrNS/c1-5-8(3)11(14-6-2)12-10(13)7-9(4)15-12/h7-8,11,14H,5-6H2,1-4H3. The SMILES string of the molecule is CCNC(c1sc(C)cc1Br)C(C)CC. The highest BCUT2D eigenvalue weighted by Gasteiger charge is 2.21. The molecule has 1 heterocycles. The maximum Gasteiger partial charge on any atom is 0.0452 e. The van der Waals surface area contributed by atoms with Crippen molar-refractivity contribution in [2.75, 3.05) is 6.54 Å². The third-order valence-corrected chi connectivity index (χ3v) is 4.81. The molecule has 2 unspecified atom stereocenters. The van der Waals surface area contributed by atoms with Crippen LogP contribution < -0.4 is 5.32 Å². The molecular formula is C12H20BrNS. The first-order valence-electron chi connectivity index (χ1n) is 5.59. The minimum absolute atomic E-state index is 0.494. The van der Waals surface area contributed by atoms with E-state index in [2.05, 4.69) is 55.0 Å². The van der Waals surface area contributed by atoms with E-state index in [4.69, 9.17) is 0 Å². The van der Waals surface area contributed by atoms with Gasteiger partial charge in [0.1, 0.15) is 0 Å². The molecule has 0 bridgehead atoms. The highest BCUT2D eigenvalue weighted by molar-refractivity contribution is 9.10. The minimum Gasteiger partial charge on any atom is -0.309 e. The predicted octanol–water partition coefficient (Wildman–Crippen LogP) is 4.52. The number of aryl methyl sites for hydroxylation is 1. The molecule has 1 aromatic heterocycles. The second-order valence-corrected chi connectivity index (χ2v) is 6.13. The van der Waals surface area contributed by atoms with Crippen molar-refractivity contribution in [1.29, 1.82) is 0 Å².